The highest BCUT2D eigenvalue weighted by molar-refractivity contribution is 9.10. The van der Waals surface area contributed by atoms with Gasteiger partial charge in [-0.25, -0.2) is 0 Å². The average molecular weight is 368 g/mol. The van der Waals surface area contributed by atoms with E-state index in [9.17, 15) is 0 Å². The van der Waals surface area contributed by atoms with Gasteiger partial charge in [-0.3, -0.25) is 0 Å². The SMILES string of the molecule is CCOc1cc(CNCc2ccco2)cc(Br)c1OC(C)C. The van der Waals surface area contributed by atoms with Crippen LogP contribution in [0, 0.1) is 0 Å². The molecule has 1 N–H and O–H groups in total. The minimum atomic E-state index is 0.0958. The van der Waals surface area contributed by atoms with Crippen LogP contribution in [-0.2, 0) is 13.1 Å². The van der Waals surface area contributed by atoms with Gasteiger partial charge in [0, 0.05) is 6.54 Å². The van der Waals surface area contributed by atoms with Gasteiger partial charge in [-0.1, -0.05) is 0 Å². The summed E-state index contributed by atoms with van der Waals surface area (Å²) in [5, 5.41) is 3.35. The minimum Gasteiger partial charge on any atom is -0.490 e. The molecule has 2 rings (SSSR count). The summed E-state index contributed by atoms with van der Waals surface area (Å²) in [6.07, 6.45) is 1.78. The van der Waals surface area contributed by atoms with Crippen molar-refractivity contribution in [3.05, 3.63) is 46.3 Å². The Labute approximate surface area is 139 Å². The van der Waals surface area contributed by atoms with E-state index in [1.165, 1.54) is 0 Å². The second-order valence-electron chi connectivity index (χ2n) is 5.19. The van der Waals surface area contributed by atoms with Crippen molar-refractivity contribution in [1.29, 1.82) is 0 Å². The minimum absolute atomic E-state index is 0.0958. The van der Waals surface area contributed by atoms with Crippen LogP contribution < -0.4 is 14.8 Å². The van der Waals surface area contributed by atoms with Crippen LogP contribution in [0.2, 0.25) is 0 Å². The maximum Gasteiger partial charge on any atom is 0.175 e. The van der Waals surface area contributed by atoms with E-state index in [4.69, 9.17) is 13.9 Å². The van der Waals surface area contributed by atoms with Crippen LogP contribution in [0.1, 0.15) is 32.1 Å². The van der Waals surface area contributed by atoms with Gasteiger partial charge >= 0.3 is 0 Å². The van der Waals surface area contributed by atoms with Crippen molar-refractivity contribution in [2.75, 3.05) is 6.61 Å². The third-order valence-corrected chi connectivity index (χ3v) is 3.52. The molecule has 0 unspecified atom stereocenters. The normalized spacial score (nSPS) is 11.0. The van der Waals surface area contributed by atoms with Gasteiger partial charge < -0.3 is 19.2 Å². The summed E-state index contributed by atoms with van der Waals surface area (Å²) in [7, 11) is 0. The summed E-state index contributed by atoms with van der Waals surface area (Å²) in [5.74, 6) is 2.44. The summed E-state index contributed by atoms with van der Waals surface area (Å²) in [6.45, 7) is 7.99. The molecule has 0 bridgehead atoms. The molecule has 0 fully saturated rings. The van der Waals surface area contributed by atoms with Crippen molar-refractivity contribution >= 4 is 15.9 Å². The lowest BCUT2D eigenvalue weighted by atomic mass is 10.2. The second-order valence-corrected chi connectivity index (χ2v) is 6.04. The predicted octanol–water partition coefficient (Wildman–Crippen LogP) is 4.52. The number of halogens is 1. The van der Waals surface area contributed by atoms with Crippen molar-refractivity contribution in [2.45, 2.75) is 40.0 Å². The predicted molar refractivity (Wildman–Crippen MR) is 90.3 cm³/mol. The molecule has 0 aliphatic heterocycles. The summed E-state index contributed by atoms with van der Waals surface area (Å²) in [4.78, 5) is 0. The Morgan fingerprint density at radius 3 is 2.73 bits per heavy atom. The molecular formula is C17H22BrNO3. The van der Waals surface area contributed by atoms with E-state index < -0.39 is 0 Å². The first kappa shape index (κ1) is 16.9. The van der Waals surface area contributed by atoms with Crippen molar-refractivity contribution < 1.29 is 13.9 Å². The van der Waals surface area contributed by atoms with Crippen molar-refractivity contribution in [3.8, 4) is 11.5 Å². The molecule has 5 heteroatoms. The lowest BCUT2D eigenvalue weighted by molar-refractivity contribution is 0.222. The molecule has 0 atom stereocenters. The summed E-state index contributed by atoms with van der Waals surface area (Å²) in [6, 6.07) is 7.91. The number of hydrogen-bond donors (Lipinski definition) is 1. The number of nitrogens with one attached hydrogen (secondary N) is 1. The van der Waals surface area contributed by atoms with Crippen molar-refractivity contribution in [1.82, 2.24) is 5.32 Å². The summed E-state index contributed by atoms with van der Waals surface area (Å²) < 4.78 is 17.8. The standard InChI is InChI=1S/C17H22BrNO3/c1-4-20-16-9-13(8-15(18)17(16)22-12(2)3)10-19-11-14-6-5-7-21-14/h5-9,12,19H,4,10-11H2,1-3H3. The van der Waals surface area contributed by atoms with Gasteiger partial charge in [-0.05, 0) is 66.5 Å². The molecule has 0 aliphatic carbocycles. The zero-order valence-corrected chi connectivity index (χ0v) is 14.8. The van der Waals surface area contributed by atoms with Gasteiger partial charge in [0.05, 0.1) is 30.0 Å². The molecule has 1 aromatic heterocycles. The van der Waals surface area contributed by atoms with Gasteiger partial charge in [0.2, 0.25) is 0 Å². The highest BCUT2D eigenvalue weighted by Gasteiger charge is 2.13. The Morgan fingerprint density at radius 1 is 1.27 bits per heavy atom. The zero-order chi connectivity index (χ0) is 15.9. The first-order chi connectivity index (χ1) is 10.6. The third-order valence-electron chi connectivity index (χ3n) is 2.93. The first-order valence-corrected chi connectivity index (χ1v) is 8.24. The van der Waals surface area contributed by atoms with E-state index in [0.717, 1.165) is 33.8 Å². The van der Waals surface area contributed by atoms with E-state index in [1.807, 2.05) is 39.0 Å². The van der Waals surface area contributed by atoms with Crippen molar-refractivity contribution in [2.24, 2.45) is 0 Å². The summed E-state index contributed by atoms with van der Waals surface area (Å²) in [5.41, 5.74) is 1.12. The number of furan rings is 1. The Bertz CT molecular complexity index is 582. The van der Waals surface area contributed by atoms with Crippen LogP contribution in [0.4, 0.5) is 0 Å². The fourth-order valence-electron chi connectivity index (χ4n) is 2.08. The molecule has 0 amide bonds. The van der Waals surface area contributed by atoms with E-state index >= 15 is 0 Å². The van der Waals surface area contributed by atoms with Crippen LogP contribution >= 0.6 is 15.9 Å². The van der Waals surface area contributed by atoms with Crippen LogP contribution in [-0.4, -0.2) is 12.7 Å². The average Bonchev–Trinajstić information content (AvgIpc) is 2.96. The molecule has 0 aliphatic rings. The Balaban J connectivity index is 2.07. The molecule has 0 saturated heterocycles. The molecule has 1 aromatic carbocycles. The van der Waals surface area contributed by atoms with Crippen LogP contribution in [0.15, 0.2) is 39.4 Å². The first-order valence-electron chi connectivity index (χ1n) is 7.45. The Hall–Kier alpha value is -1.46. The maximum atomic E-state index is 5.84. The number of ether oxygens (including phenoxy) is 2. The van der Waals surface area contributed by atoms with Gasteiger partial charge in [-0.15, -0.1) is 0 Å². The third kappa shape index (κ3) is 4.78. The van der Waals surface area contributed by atoms with E-state index in [2.05, 4.69) is 27.3 Å². The Kier molecular flexibility index (Phi) is 6.34. The quantitative estimate of drug-likeness (QED) is 0.744. The molecule has 22 heavy (non-hydrogen) atoms. The molecule has 2 aromatic rings. The lowest BCUT2D eigenvalue weighted by Crippen LogP contribution is -2.13. The monoisotopic (exact) mass is 367 g/mol. The maximum absolute atomic E-state index is 5.84. The molecule has 0 radical (unpaired) electrons. The highest BCUT2D eigenvalue weighted by Crippen LogP contribution is 2.37. The molecule has 1 heterocycles. The molecule has 120 valence electrons. The molecule has 0 saturated carbocycles. The number of benzene rings is 1. The van der Waals surface area contributed by atoms with E-state index in [-0.39, 0.29) is 6.10 Å². The van der Waals surface area contributed by atoms with E-state index in [0.29, 0.717) is 13.2 Å². The van der Waals surface area contributed by atoms with Gasteiger partial charge in [0.1, 0.15) is 5.76 Å². The fourth-order valence-corrected chi connectivity index (χ4v) is 2.66. The van der Waals surface area contributed by atoms with Crippen LogP contribution in [0.25, 0.3) is 0 Å². The van der Waals surface area contributed by atoms with Gasteiger partial charge in [-0.2, -0.15) is 0 Å². The lowest BCUT2D eigenvalue weighted by Gasteiger charge is -2.17. The van der Waals surface area contributed by atoms with E-state index in [1.54, 1.807) is 6.26 Å². The molecule has 4 nitrogen and oxygen atoms in total. The summed E-state index contributed by atoms with van der Waals surface area (Å²) >= 11 is 3.58. The molecular weight excluding hydrogens is 346 g/mol. The highest BCUT2D eigenvalue weighted by atomic mass is 79.9. The molecule has 0 spiro atoms. The van der Waals surface area contributed by atoms with Gasteiger partial charge in [0.15, 0.2) is 11.5 Å². The largest absolute Gasteiger partial charge is 0.490 e. The smallest absolute Gasteiger partial charge is 0.175 e. The number of hydrogen-bond acceptors (Lipinski definition) is 4. The Morgan fingerprint density at radius 2 is 2.09 bits per heavy atom. The van der Waals surface area contributed by atoms with Crippen LogP contribution in [0.5, 0.6) is 11.5 Å². The second kappa shape index (κ2) is 8.25. The fraction of sp³-hybridized carbons (Fsp3) is 0.412. The topological polar surface area (TPSA) is 43.6 Å². The van der Waals surface area contributed by atoms with Crippen LogP contribution in [0.3, 0.4) is 0 Å². The number of rotatable bonds is 8. The van der Waals surface area contributed by atoms with Gasteiger partial charge in [0.25, 0.3) is 0 Å². The van der Waals surface area contributed by atoms with Crippen molar-refractivity contribution in [3.63, 3.8) is 0 Å². The zero-order valence-electron chi connectivity index (χ0n) is 13.2.